The van der Waals surface area contributed by atoms with Crippen LogP contribution in [0.4, 0.5) is 4.39 Å². The van der Waals surface area contributed by atoms with Gasteiger partial charge in [-0.15, -0.1) is 0 Å². The van der Waals surface area contributed by atoms with Crippen molar-refractivity contribution in [3.8, 4) is 0 Å². The molecular weight excluding hydrogens is 231 g/mol. The fourth-order valence-electron chi connectivity index (χ4n) is 1.69. The standard InChI is InChI=1S/C10H11FN2O4/c11-7-3-13(10(16)12-9(7)15)4-8(14)6-1-2-17-5-6/h3,6H,1-2,4-5H2,(H,12,15,16). The molecule has 1 saturated heterocycles. The van der Waals surface area contributed by atoms with E-state index in [-0.39, 0.29) is 18.2 Å². The van der Waals surface area contributed by atoms with Gasteiger partial charge in [-0.3, -0.25) is 19.1 Å². The quantitative estimate of drug-likeness (QED) is 0.758. The van der Waals surface area contributed by atoms with Gasteiger partial charge in [0.1, 0.15) is 0 Å². The average Bonchev–Trinajstić information content (AvgIpc) is 2.79. The molecule has 1 fully saturated rings. The summed E-state index contributed by atoms with van der Waals surface area (Å²) in [6.07, 6.45) is 1.36. The van der Waals surface area contributed by atoms with Crippen molar-refractivity contribution in [1.82, 2.24) is 9.55 Å². The Morgan fingerprint density at radius 2 is 2.35 bits per heavy atom. The second-order valence-electron chi connectivity index (χ2n) is 3.89. The minimum atomic E-state index is -1.08. The summed E-state index contributed by atoms with van der Waals surface area (Å²) in [5.74, 6) is -1.53. The lowest BCUT2D eigenvalue weighted by molar-refractivity contribution is -0.123. The van der Waals surface area contributed by atoms with Crippen LogP contribution in [0.5, 0.6) is 0 Å². The number of Topliss-reactive ketones (excluding diaryl/α,β-unsaturated/α-hetero) is 1. The van der Waals surface area contributed by atoms with Gasteiger partial charge in [0.25, 0.3) is 5.56 Å². The Morgan fingerprint density at radius 1 is 1.59 bits per heavy atom. The number of halogens is 1. The number of ketones is 1. The molecule has 17 heavy (non-hydrogen) atoms. The summed E-state index contributed by atoms with van der Waals surface area (Å²) in [7, 11) is 0. The second-order valence-corrected chi connectivity index (χ2v) is 3.89. The molecule has 1 N–H and O–H groups in total. The molecule has 7 heteroatoms. The zero-order chi connectivity index (χ0) is 12.4. The van der Waals surface area contributed by atoms with E-state index in [1.807, 2.05) is 0 Å². The predicted molar refractivity (Wildman–Crippen MR) is 55.2 cm³/mol. The van der Waals surface area contributed by atoms with Crippen molar-refractivity contribution in [2.45, 2.75) is 13.0 Å². The van der Waals surface area contributed by atoms with Crippen LogP contribution in [-0.4, -0.2) is 28.5 Å². The van der Waals surface area contributed by atoms with Crippen molar-refractivity contribution >= 4 is 5.78 Å². The normalized spacial score (nSPS) is 19.5. The Balaban J connectivity index is 2.18. The number of ether oxygens (including phenoxy) is 1. The Morgan fingerprint density at radius 3 is 3.00 bits per heavy atom. The molecule has 2 rings (SSSR count). The van der Waals surface area contributed by atoms with E-state index in [9.17, 15) is 18.8 Å². The number of nitrogens with one attached hydrogen (secondary N) is 1. The summed E-state index contributed by atoms with van der Waals surface area (Å²) in [6.45, 7) is 0.602. The lowest BCUT2D eigenvalue weighted by Gasteiger charge is -2.08. The molecular formula is C10H11FN2O4. The molecule has 0 spiro atoms. The molecule has 2 heterocycles. The highest BCUT2D eigenvalue weighted by molar-refractivity contribution is 5.81. The van der Waals surface area contributed by atoms with E-state index < -0.39 is 17.1 Å². The summed E-state index contributed by atoms with van der Waals surface area (Å²) in [6, 6.07) is 0. The molecule has 1 unspecified atom stereocenters. The summed E-state index contributed by atoms with van der Waals surface area (Å²) in [5.41, 5.74) is -1.87. The maximum atomic E-state index is 12.9. The molecule has 6 nitrogen and oxygen atoms in total. The molecule has 92 valence electrons. The summed E-state index contributed by atoms with van der Waals surface area (Å²) >= 11 is 0. The first-order valence-corrected chi connectivity index (χ1v) is 5.17. The highest BCUT2D eigenvalue weighted by Crippen LogP contribution is 2.13. The average molecular weight is 242 g/mol. The zero-order valence-corrected chi connectivity index (χ0v) is 8.94. The van der Waals surface area contributed by atoms with Gasteiger partial charge in [0.05, 0.1) is 19.3 Å². The van der Waals surface area contributed by atoms with Crippen molar-refractivity contribution in [3.63, 3.8) is 0 Å². The van der Waals surface area contributed by atoms with Gasteiger partial charge in [0, 0.05) is 12.5 Å². The summed E-state index contributed by atoms with van der Waals surface area (Å²) < 4.78 is 18.9. The van der Waals surface area contributed by atoms with E-state index in [0.29, 0.717) is 19.6 Å². The highest BCUT2D eigenvalue weighted by Gasteiger charge is 2.23. The number of H-pyrrole nitrogens is 1. The smallest absolute Gasteiger partial charge is 0.328 e. The number of aromatic nitrogens is 2. The summed E-state index contributed by atoms with van der Waals surface area (Å²) in [4.78, 5) is 35.6. The molecule has 0 amide bonds. The third-order valence-corrected chi connectivity index (χ3v) is 2.68. The molecule has 1 aromatic rings. The van der Waals surface area contributed by atoms with Crippen LogP contribution < -0.4 is 11.2 Å². The van der Waals surface area contributed by atoms with E-state index in [1.54, 1.807) is 4.98 Å². The second kappa shape index (κ2) is 4.62. The summed E-state index contributed by atoms with van der Waals surface area (Å²) in [5, 5.41) is 0. The van der Waals surface area contributed by atoms with E-state index in [1.165, 1.54) is 0 Å². The van der Waals surface area contributed by atoms with Gasteiger partial charge in [-0.25, -0.2) is 4.79 Å². The zero-order valence-electron chi connectivity index (χ0n) is 8.94. The maximum absolute atomic E-state index is 12.9. The van der Waals surface area contributed by atoms with Crippen molar-refractivity contribution < 1.29 is 13.9 Å². The number of carbonyl (C=O) groups excluding carboxylic acids is 1. The number of hydrogen-bond acceptors (Lipinski definition) is 4. The van der Waals surface area contributed by atoms with Crippen LogP contribution in [0.3, 0.4) is 0 Å². The Hall–Kier alpha value is -1.76. The van der Waals surface area contributed by atoms with Gasteiger partial charge < -0.3 is 4.74 Å². The van der Waals surface area contributed by atoms with E-state index >= 15 is 0 Å². The SMILES string of the molecule is O=C(Cn1cc(F)c(=O)[nH]c1=O)C1CCOC1. The largest absolute Gasteiger partial charge is 0.381 e. The molecule has 0 aliphatic carbocycles. The van der Waals surface area contributed by atoms with Gasteiger partial charge in [0.15, 0.2) is 5.78 Å². The molecule has 0 bridgehead atoms. The lowest BCUT2D eigenvalue weighted by atomic mass is 10.0. The fraction of sp³-hybridized carbons (Fsp3) is 0.500. The fourth-order valence-corrected chi connectivity index (χ4v) is 1.69. The first-order chi connectivity index (χ1) is 8.08. The van der Waals surface area contributed by atoms with Gasteiger partial charge in [0.2, 0.25) is 5.82 Å². The van der Waals surface area contributed by atoms with Crippen LogP contribution in [0.2, 0.25) is 0 Å². The van der Waals surface area contributed by atoms with Gasteiger partial charge in [-0.1, -0.05) is 0 Å². The van der Waals surface area contributed by atoms with Crippen molar-refractivity contribution in [1.29, 1.82) is 0 Å². The van der Waals surface area contributed by atoms with Gasteiger partial charge in [-0.2, -0.15) is 4.39 Å². The lowest BCUT2D eigenvalue weighted by Crippen LogP contribution is -2.34. The van der Waals surface area contributed by atoms with Crippen LogP contribution in [-0.2, 0) is 16.1 Å². The molecule has 1 aromatic heterocycles. The number of rotatable bonds is 3. The third kappa shape index (κ3) is 2.50. The van der Waals surface area contributed by atoms with Crippen molar-refractivity contribution in [3.05, 3.63) is 32.9 Å². The van der Waals surface area contributed by atoms with E-state index in [2.05, 4.69) is 0 Å². The molecule has 0 aromatic carbocycles. The third-order valence-electron chi connectivity index (χ3n) is 2.68. The minimum Gasteiger partial charge on any atom is -0.381 e. The Labute approximate surface area is 95.0 Å². The molecule has 1 atom stereocenters. The van der Waals surface area contributed by atoms with Gasteiger partial charge in [-0.05, 0) is 6.42 Å². The molecule has 1 aliphatic rings. The maximum Gasteiger partial charge on any atom is 0.328 e. The Kier molecular flexibility index (Phi) is 3.19. The topological polar surface area (TPSA) is 81.2 Å². The molecule has 1 aliphatic heterocycles. The molecule has 0 radical (unpaired) electrons. The van der Waals surface area contributed by atoms with Crippen molar-refractivity contribution in [2.24, 2.45) is 5.92 Å². The van der Waals surface area contributed by atoms with Crippen LogP contribution in [0, 0.1) is 11.7 Å². The first-order valence-electron chi connectivity index (χ1n) is 5.17. The van der Waals surface area contributed by atoms with Crippen LogP contribution in [0.15, 0.2) is 15.8 Å². The predicted octanol–water partition coefficient (Wildman–Crippen LogP) is -0.719. The number of carbonyl (C=O) groups is 1. The van der Waals surface area contributed by atoms with E-state index in [0.717, 1.165) is 10.8 Å². The van der Waals surface area contributed by atoms with Crippen LogP contribution in [0.1, 0.15) is 6.42 Å². The molecule has 0 saturated carbocycles. The van der Waals surface area contributed by atoms with Crippen molar-refractivity contribution in [2.75, 3.05) is 13.2 Å². The highest BCUT2D eigenvalue weighted by atomic mass is 19.1. The number of aromatic amines is 1. The first kappa shape index (κ1) is 11.7. The van der Waals surface area contributed by atoms with Crippen LogP contribution in [0.25, 0.3) is 0 Å². The minimum absolute atomic E-state index is 0.198. The van der Waals surface area contributed by atoms with Crippen LogP contribution >= 0.6 is 0 Å². The number of nitrogens with zero attached hydrogens (tertiary/aromatic N) is 1. The number of hydrogen-bond donors (Lipinski definition) is 1. The van der Waals surface area contributed by atoms with Gasteiger partial charge >= 0.3 is 5.69 Å². The van der Waals surface area contributed by atoms with E-state index in [4.69, 9.17) is 4.74 Å². The Bertz CT molecular complexity index is 542. The monoisotopic (exact) mass is 242 g/mol.